The molecule has 2 unspecified atom stereocenters. The number of likely N-dealkylation sites (tertiary alicyclic amines) is 1. The summed E-state index contributed by atoms with van der Waals surface area (Å²) in [5.74, 6) is 0. The van der Waals surface area contributed by atoms with Gasteiger partial charge in [0.15, 0.2) is 0 Å². The van der Waals surface area contributed by atoms with Crippen molar-refractivity contribution in [1.82, 2.24) is 9.80 Å². The van der Waals surface area contributed by atoms with Crippen molar-refractivity contribution in [2.24, 2.45) is 5.73 Å². The number of piperidine rings is 1. The minimum atomic E-state index is -0.182. The Bertz CT molecular complexity index is 260. The largest absolute Gasteiger partial charge is 0.447 e. The molecule has 0 radical (unpaired) electrons. The third kappa shape index (κ3) is 2.15. The van der Waals surface area contributed by atoms with E-state index in [0.29, 0.717) is 13.2 Å². The van der Waals surface area contributed by atoms with Gasteiger partial charge in [-0.1, -0.05) is 6.92 Å². The fourth-order valence-electron chi connectivity index (χ4n) is 2.65. The first-order valence-electron chi connectivity index (χ1n) is 6.13. The summed E-state index contributed by atoms with van der Waals surface area (Å²) in [6.07, 6.45) is 2.04. The van der Waals surface area contributed by atoms with Crippen molar-refractivity contribution >= 4 is 6.09 Å². The van der Waals surface area contributed by atoms with E-state index in [1.165, 1.54) is 0 Å². The van der Waals surface area contributed by atoms with Gasteiger partial charge in [-0.15, -0.1) is 0 Å². The lowest BCUT2D eigenvalue weighted by Gasteiger charge is -2.38. The number of nitrogens with zero attached hydrogens (tertiary/aromatic N) is 2. The highest BCUT2D eigenvalue weighted by molar-refractivity contribution is 5.70. The molecule has 2 fully saturated rings. The van der Waals surface area contributed by atoms with Crippen molar-refractivity contribution in [1.29, 1.82) is 0 Å². The van der Waals surface area contributed by atoms with Crippen LogP contribution in [0.1, 0.15) is 19.8 Å². The molecule has 0 spiro atoms. The quantitative estimate of drug-likeness (QED) is 0.751. The van der Waals surface area contributed by atoms with Crippen molar-refractivity contribution in [2.75, 3.05) is 32.8 Å². The molecule has 1 amide bonds. The summed E-state index contributed by atoms with van der Waals surface area (Å²) in [6, 6.07) is 0.367. The Morgan fingerprint density at radius 1 is 1.56 bits per heavy atom. The van der Waals surface area contributed by atoms with Crippen LogP contribution in [0.2, 0.25) is 0 Å². The normalized spacial score (nSPS) is 31.9. The number of likely N-dealkylation sites (N-methyl/N-ethyl adjacent to an activating group) is 1. The Hall–Kier alpha value is -0.810. The molecule has 2 heterocycles. The van der Waals surface area contributed by atoms with Crippen molar-refractivity contribution < 1.29 is 9.53 Å². The number of carbonyl (C=O) groups is 1. The molecule has 2 rings (SSSR count). The van der Waals surface area contributed by atoms with Crippen LogP contribution in [0.15, 0.2) is 0 Å². The Balaban J connectivity index is 2.01. The van der Waals surface area contributed by atoms with Crippen LogP contribution in [0.4, 0.5) is 4.79 Å². The van der Waals surface area contributed by atoms with Crippen LogP contribution in [0.3, 0.4) is 0 Å². The molecular weight excluding hydrogens is 206 g/mol. The van der Waals surface area contributed by atoms with Gasteiger partial charge in [-0.3, -0.25) is 4.90 Å². The Morgan fingerprint density at radius 2 is 2.38 bits per heavy atom. The van der Waals surface area contributed by atoms with Crippen LogP contribution < -0.4 is 5.73 Å². The van der Waals surface area contributed by atoms with E-state index in [1.54, 1.807) is 0 Å². The lowest BCUT2D eigenvalue weighted by molar-refractivity contribution is 0.102. The van der Waals surface area contributed by atoms with E-state index in [4.69, 9.17) is 10.5 Å². The first-order chi connectivity index (χ1) is 7.76. The van der Waals surface area contributed by atoms with E-state index in [1.807, 2.05) is 4.90 Å². The molecule has 2 aliphatic heterocycles. The second-order valence-corrected chi connectivity index (χ2v) is 4.56. The maximum absolute atomic E-state index is 11.7. The highest BCUT2D eigenvalue weighted by Gasteiger charge is 2.38. The maximum Gasteiger partial charge on any atom is 0.410 e. The van der Waals surface area contributed by atoms with Crippen LogP contribution in [0.5, 0.6) is 0 Å². The Labute approximate surface area is 96.5 Å². The van der Waals surface area contributed by atoms with Crippen molar-refractivity contribution in [3.8, 4) is 0 Å². The molecule has 5 heteroatoms. The topological polar surface area (TPSA) is 58.8 Å². The molecule has 2 N–H and O–H groups in total. The smallest absolute Gasteiger partial charge is 0.410 e. The summed E-state index contributed by atoms with van der Waals surface area (Å²) < 4.78 is 5.08. The third-order valence-corrected chi connectivity index (χ3v) is 3.60. The minimum Gasteiger partial charge on any atom is -0.447 e. The van der Waals surface area contributed by atoms with Crippen molar-refractivity contribution in [3.05, 3.63) is 0 Å². The molecule has 0 aliphatic carbocycles. The second kappa shape index (κ2) is 5.01. The Kier molecular flexibility index (Phi) is 3.66. The molecular formula is C11H21N3O2. The van der Waals surface area contributed by atoms with E-state index in [9.17, 15) is 4.79 Å². The van der Waals surface area contributed by atoms with Crippen LogP contribution in [0.25, 0.3) is 0 Å². The first-order valence-corrected chi connectivity index (χ1v) is 6.13. The predicted octanol–water partition coefficient (Wildman–Crippen LogP) is 0.250. The molecule has 5 nitrogen and oxygen atoms in total. The first kappa shape index (κ1) is 11.7. The maximum atomic E-state index is 11.7. The summed E-state index contributed by atoms with van der Waals surface area (Å²) in [6.45, 7) is 6.26. The number of rotatable bonds is 3. The van der Waals surface area contributed by atoms with E-state index in [-0.39, 0.29) is 18.2 Å². The number of carbonyl (C=O) groups excluding carboxylic acids is 1. The summed E-state index contributed by atoms with van der Waals surface area (Å²) in [5, 5.41) is 0. The fraction of sp³-hybridized carbons (Fsp3) is 0.909. The zero-order valence-corrected chi connectivity index (χ0v) is 9.89. The summed E-state index contributed by atoms with van der Waals surface area (Å²) in [4.78, 5) is 15.9. The average Bonchev–Trinajstić information content (AvgIpc) is 2.70. The van der Waals surface area contributed by atoms with Gasteiger partial charge in [0.2, 0.25) is 0 Å². The van der Waals surface area contributed by atoms with Crippen molar-refractivity contribution in [2.45, 2.75) is 31.8 Å². The van der Waals surface area contributed by atoms with E-state index in [0.717, 1.165) is 32.5 Å². The molecule has 0 aromatic rings. The fourth-order valence-corrected chi connectivity index (χ4v) is 2.65. The standard InChI is InChI=1S/C11H21N3O2/c1-2-13-5-3-4-9(7-13)14-10(6-12)8-16-11(14)15/h9-10H,2-8,12H2,1H3. The van der Waals surface area contributed by atoms with Gasteiger partial charge in [0, 0.05) is 19.1 Å². The highest BCUT2D eigenvalue weighted by atomic mass is 16.6. The lowest BCUT2D eigenvalue weighted by atomic mass is 10.0. The van der Waals surface area contributed by atoms with Gasteiger partial charge in [-0.05, 0) is 25.9 Å². The van der Waals surface area contributed by atoms with Crippen LogP contribution >= 0.6 is 0 Å². The van der Waals surface area contributed by atoms with Gasteiger partial charge in [0.1, 0.15) is 6.61 Å². The zero-order chi connectivity index (χ0) is 11.5. The average molecular weight is 227 g/mol. The van der Waals surface area contributed by atoms with Gasteiger partial charge in [0.25, 0.3) is 0 Å². The van der Waals surface area contributed by atoms with Crippen LogP contribution in [-0.4, -0.2) is 60.8 Å². The van der Waals surface area contributed by atoms with E-state index in [2.05, 4.69) is 11.8 Å². The molecule has 0 aromatic carbocycles. The molecule has 2 atom stereocenters. The minimum absolute atomic E-state index is 0.0781. The van der Waals surface area contributed by atoms with Gasteiger partial charge in [-0.25, -0.2) is 4.79 Å². The van der Waals surface area contributed by atoms with Crippen LogP contribution in [-0.2, 0) is 4.74 Å². The number of ether oxygens (including phenoxy) is 1. The Morgan fingerprint density at radius 3 is 3.06 bits per heavy atom. The molecule has 2 saturated heterocycles. The van der Waals surface area contributed by atoms with Gasteiger partial charge in [0.05, 0.1) is 6.04 Å². The molecule has 16 heavy (non-hydrogen) atoms. The molecule has 0 bridgehead atoms. The number of hydrogen-bond donors (Lipinski definition) is 1. The second-order valence-electron chi connectivity index (χ2n) is 4.56. The number of cyclic esters (lactones) is 1. The SMILES string of the molecule is CCN1CCCC(N2C(=O)OCC2CN)C1. The number of hydrogen-bond acceptors (Lipinski definition) is 4. The molecule has 0 saturated carbocycles. The highest BCUT2D eigenvalue weighted by Crippen LogP contribution is 2.22. The van der Waals surface area contributed by atoms with Gasteiger partial charge in [-0.2, -0.15) is 0 Å². The van der Waals surface area contributed by atoms with E-state index >= 15 is 0 Å². The van der Waals surface area contributed by atoms with Gasteiger partial charge < -0.3 is 15.4 Å². The predicted molar refractivity (Wildman–Crippen MR) is 61.2 cm³/mol. The molecule has 2 aliphatic rings. The monoisotopic (exact) mass is 227 g/mol. The summed E-state index contributed by atoms with van der Waals surface area (Å²) in [7, 11) is 0. The zero-order valence-electron chi connectivity index (χ0n) is 9.89. The lowest BCUT2D eigenvalue weighted by Crippen LogP contribution is -2.52. The van der Waals surface area contributed by atoms with Crippen LogP contribution in [0, 0.1) is 0 Å². The third-order valence-electron chi connectivity index (χ3n) is 3.60. The number of amides is 1. The summed E-state index contributed by atoms with van der Waals surface area (Å²) in [5.41, 5.74) is 5.67. The summed E-state index contributed by atoms with van der Waals surface area (Å²) >= 11 is 0. The van der Waals surface area contributed by atoms with E-state index < -0.39 is 0 Å². The molecule has 0 aromatic heterocycles. The van der Waals surface area contributed by atoms with Gasteiger partial charge >= 0.3 is 6.09 Å². The molecule has 92 valence electrons. The number of nitrogens with two attached hydrogens (primary N) is 1. The van der Waals surface area contributed by atoms with Crippen molar-refractivity contribution in [3.63, 3.8) is 0 Å².